The van der Waals surface area contributed by atoms with E-state index in [0.29, 0.717) is 12.1 Å². The van der Waals surface area contributed by atoms with Crippen molar-refractivity contribution in [3.05, 3.63) is 29.8 Å². The summed E-state index contributed by atoms with van der Waals surface area (Å²) in [6, 6.07) is 9.69. The molecule has 20 heavy (non-hydrogen) atoms. The van der Waals surface area contributed by atoms with Crippen LogP contribution in [0.3, 0.4) is 0 Å². The first-order chi connectivity index (χ1) is 9.37. The van der Waals surface area contributed by atoms with Crippen molar-refractivity contribution >= 4 is 11.8 Å². The van der Waals surface area contributed by atoms with Crippen LogP contribution in [-0.2, 0) is 4.74 Å². The van der Waals surface area contributed by atoms with Crippen LogP contribution in [0, 0.1) is 0 Å². The first kappa shape index (κ1) is 14.4. The third-order valence-electron chi connectivity index (χ3n) is 4.44. The zero-order chi connectivity index (χ0) is 14.4. The van der Waals surface area contributed by atoms with Crippen LogP contribution in [0.5, 0.6) is 0 Å². The van der Waals surface area contributed by atoms with Crippen LogP contribution in [-0.4, -0.2) is 23.0 Å². The molecule has 3 rings (SSSR count). The fourth-order valence-corrected chi connectivity index (χ4v) is 4.71. The van der Waals surface area contributed by atoms with Crippen molar-refractivity contribution in [2.75, 3.05) is 5.75 Å². The topological polar surface area (TPSA) is 21.3 Å². The maximum absolute atomic E-state index is 6.21. The Morgan fingerprint density at radius 1 is 1.20 bits per heavy atom. The van der Waals surface area contributed by atoms with E-state index in [-0.39, 0.29) is 11.2 Å². The molecule has 0 aliphatic carbocycles. The Kier molecular flexibility index (Phi) is 3.64. The van der Waals surface area contributed by atoms with Gasteiger partial charge in [0.25, 0.3) is 0 Å². The highest BCUT2D eigenvalue weighted by atomic mass is 32.2. The summed E-state index contributed by atoms with van der Waals surface area (Å²) < 4.78 is 6.21. The molecule has 2 heterocycles. The molecule has 2 nitrogen and oxygen atoms in total. The predicted molar refractivity (Wildman–Crippen MR) is 85.3 cm³/mol. The average molecular weight is 291 g/mol. The summed E-state index contributed by atoms with van der Waals surface area (Å²) in [6.07, 6.45) is 2.28. The van der Waals surface area contributed by atoms with Crippen LogP contribution in [0.25, 0.3) is 0 Å². The second-order valence-corrected chi connectivity index (χ2v) is 8.25. The van der Waals surface area contributed by atoms with Gasteiger partial charge in [-0.2, -0.15) is 0 Å². The van der Waals surface area contributed by atoms with Crippen molar-refractivity contribution in [1.29, 1.82) is 0 Å². The van der Waals surface area contributed by atoms with E-state index in [2.05, 4.69) is 57.3 Å². The van der Waals surface area contributed by atoms with Gasteiger partial charge in [0.1, 0.15) is 0 Å². The number of thioether (sulfide) groups is 1. The van der Waals surface area contributed by atoms with E-state index in [1.807, 2.05) is 11.8 Å². The molecule has 0 bridgehead atoms. The van der Waals surface area contributed by atoms with E-state index in [1.165, 1.54) is 22.6 Å². The molecule has 110 valence electrons. The summed E-state index contributed by atoms with van der Waals surface area (Å²) in [5.74, 6) is 1.20. The molecule has 1 saturated heterocycles. The summed E-state index contributed by atoms with van der Waals surface area (Å²) in [6.45, 7) is 8.81. The summed E-state index contributed by atoms with van der Waals surface area (Å²) in [7, 11) is 0. The Labute approximate surface area is 126 Å². The van der Waals surface area contributed by atoms with Crippen molar-refractivity contribution in [2.45, 2.75) is 68.7 Å². The van der Waals surface area contributed by atoms with Gasteiger partial charge >= 0.3 is 0 Å². The third-order valence-corrected chi connectivity index (χ3v) is 5.56. The number of hydrogen-bond donors (Lipinski definition) is 1. The molecule has 2 aliphatic heterocycles. The summed E-state index contributed by atoms with van der Waals surface area (Å²) in [5, 5.41) is 3.88. The zero-order valence-electron chi connectivity index (χ0n) is 12.9. The number of fused-ring (bicyclic) bond motifs is 1. The van der Waals surface area contributed by atoms with E-state index < -0.39 is 0 Å². The van der Waals surface area contributed by atoms with E-state index in [4.69, 9.17) is 4.74 Å². The van der Waals surface area contributed by atoms with Crippen LogP contribution in [0.4, 0.5) is 0 Å². The lowest BCUT2D eigenvalue weighted by atomic mass is 9.92. The Hall–Kier alpha value is -0.510. The molecular weight excluding hydrogens is 266 g/mol. The lowest BCUT2D eigenvalue weighted by molar-refractivity contribution is -0.0705. The molecule has 0 radical (unpaired) electrons. The average Bonchev–Trinajstić information content (AvgIpc) is 2.57. The van der Waals surface area contributed by atoms with E-state index in [0.717, 1.165) is 6.42 Å². The summed E-state index contributed by atoms with van der Waals surface area (Å²) in [5.41, 5.74) is 1.34. The van der Waals surface area contributed by atoms with Gasteiger partial charge in [-0.25, -0.2) is 0 Å². The number of ether oxygens (including phenoxy) is 1. The second-order valence-electron chi connectivity index (χ2n) is 7.12. The number of benzene rings is 1. The molecule has 0 amide bonds. The summed E-state index contributed by atoms with van der Waals surface area (Å²) in [4.78, 5) is 1.44. The normalized spacial score (nSPS) is 31.0. The number of rotatable bonds is 2. The van der Waals surface area contributed by atoms with Crippen molar-refractivity contribution in [1.82, 2.24) is 5.32 Å². The SMILES string of the molecule is CC1(C)CC(NC2CCSc3ccccc32)C(C)(C)O1. The van der Waals surface area contributed by atoms with Crippen molar-refractivity contribution in [3.63, 3.8) is 0 Å². The molecule has 2 unspecified atom stereocenters. The van der Waals surface area contributed by atoms with E-state index >= 15 is 0 Å². The Bertz CT molecular complexity index is 498. The van der Waals surface area contributed by atoms with Crippen LogP contribution in [0.1, 0.15) is 52.1 Å². The zero-order valence-corrected chi connectivity index (χ0v) is 13.7. The van der Waals surface area contributed by atoms with Crippen LogP contribution >= 0.6 is 11.8 Å². The first-order valence-corrected chi connectivity index (χ1v) is 8.54. The van der Waals surface area contributed by atoms with Gasteiger partial charge in [0, 0.05) is 17.0 Å². The highest BCUT2D eigenvalue weighted by Crippen LogP contribution is 2.41. The minimum absolute atomic E-state index is 0.0237. The maximum atomic E-state index is 6.21. The van der Waals surface area contributed by atoms with Gasteiger partial charge < -0.3 is 10.1 Å². The quantitative estimate of drug-likeness (QED) is 0.884. The molecule has 0 spiro atoms. The van der Waals surface area contributed by atoms with Gasteiger partial charge in [0.05, 0.1) is 11.2 Å². The highest BCUT2D eigenvalue weighted by molar-refractivity contribution is 7.99. The van der Waals surface area contributed by atoms with Gasteiger partial charge in [-0.05, 0) is 57.9 Å². The van der Waals surface area contributed by atoms with Crippen molar-refractivity contribution < 1.29 is 4.74 Å². The van der Waals surface area contributed by atoms with Crippen LogP contribution < -0.4 is 5.32 Å². The Morgan fingerprint density at radius 2 is 1.95 bits per heavy atom. The molecule has 1 N–H and O–H groups in total. The van der Waals surface area contributed by atoms with Gasteiger partial charge in [-0.15, -0.1) is 11.8 Å². The van der Waals surface area contributed by atoms with Gasteiger partial charge in [0.2, 0.25) is 0 Å². The Morgan fingerprint density at radius 3 is 2.65 bits per heavy atom. The van der Waals surface area contributed by atoms with E-state index in [9.17, 15) is 0 Å². The summed E-state index contributed by atoms with van der Waals surface area (Å²) >= 11 is 1.98. The van der Waals surface area contributed by atoms with Crippen LogP contribution in [0.2, 0.25) is 0 Å². The van der Waals surface area contributed by atoms with Gasteiger partial charge in [-0.3, -0.25) is 0 Å². The minimum Gasteiger partial charge on any atom is -0.368 e. The Balaban J connectivity index is 1.79. The largest absolute Gasteiger partial charge is 0.368 e. The first-order valence-electron chi connectivity index (χ1n) is 7.55. The monoisotopic (exact) mass is 291 g/mol. The number of hydrogen-bond acceptors (Lipinski definition) is 3. The maximum Gasteiger partial charge on any atom is 0.0787 e. The van der Waals surface area contributed by atoms with Gasteiger partial charge in [0.15, 0.2) is 0 Å². The fraction of sp³-hybridized carbons (Fsp3) is 0.647. The molecule has 0 saturated carbocycles. The molecule has 1 aromatic carbocycles. The number of nitrogens with one attached hydrogen (secondary N) is 1. The molecule has 1 fully saturated rings. The molecule has 2 aliphatic rings. The van der Waals surface area contributed by atoms with E-state index in [1.54, 1.807) is 0 Å². The van der Waals surface area contributed by atoms with Crippen molar-refractivity contribution in [3.8, 4) is 0 Å². The second kappa shape index (κ2) is 5.04. The predicted octanol–water partition coefficient (Wildman–Crippen LogP) is 4.16. The van der Waals surface area contributed by atoms with Gasteiger partial charge in [-0.1, -0.05) is 18.2 Å². The molecule has 0 aromatic heterocycles. The third kappa shape index (κ3) is 2.76. The highest BCUT2D eigenvalue weighted by Gasteiger charge is 2.46. The molecule has 3 heteroatoms. The molecule has 1 aromatic rings. The molecule has 2 atom stereocenters. The molecular formula is C17H25NOS. The van der Waals surface area contributed by atoms with Crippen molar-refractivity contribution in [2.24, 2.45) is 0 Å². The lowest BCUT2D eigenvalue weighted by Crippen LogP contribution is -2.45. The van der Waals surface area contributed by atoms with Crippen LogP contribution in [0.15, 0.2) is 29.2 Å². The smallest absolute Gasteiger partial charge is 0.0787 e. The minimum atomic E-state index is -0.0942. The standard InChI is InChI=1S/C17H25NOS/c1-16(2)11-15(17(3,4)19-16)18-13-9-10-20-14-8-6-5-7-12(13)14/h5-8,13,15,18H,9-11H2,1-4H3. The fourth-order valence-electron chi connectivity index (χ4n) is 3.58. The lowest BCUT2D eigenvalue weighted by Gasteiger charge is -2.33.